The number of rotatable bonds is 6. The second-order valence-corrected chi connectivity index (χ2v) is 9.03. The number of methoxy groups -OCH3 is 1. The zero-order chi connectivity index (χ0) is 25.9. The molecule has 186 valence electrons. The maximum Gasteiger partial charge on any atom is 0.342 e. The molecule has 0 aromatic heterocycles. The predicted octanol–water partition coefficient (Wildman–Crippen LogP) is 5.62. The molecular weight excluding hydrogens is 490 g/mol. The summed E-state index contributed by atoms with van der Waals surface area (Å²) in [5.74, 6) is -0.987. The molecule has 4 aromatic rings. The quantitative estimate of drug-likeness (QED) is 0.267. The molecule has 0 saturated heterocycles. The number of nitrogens with zero attached hydrogens (tertiary/aromatic N) is 2. The van der Waals surface area contributed by atoms with Crippen molar-refractivity contribution in [1.29, 1.82) is 0 Å². The molecule has 8 heteroatoms. The summed E-state index contributed by atoms with van der Waals surface area (Å²) < 4.78 is 10.6. The molecule has 1 aliphatic heterocycles. The van der Waals surface area contributed by atoms with E-state index in [9.17, 15) is 9.59 Å². The van der Waals surface area contributed by atoms with Gasteiger partial charge in [0, 0.05) is 12.5 Å². The van der Waals surface area contributed by atoms with Gasteiger partial charge >= 0.3 is 5.97 Å². The van der Waals surface area contributed by atoms with Crippen LogP contribution in [-0.2, 0) is 9.53 Å². The van der Waals surface area contributed by atoms with Crippen LogP contribution < -0.4 is 10.5 Å². The molecule has 5 rings (SSSR count). The van der Waals surface area contributed by atoms with Gasteiger partial charge in [0.05, 0.1) is 29.6 Å². The number of hydrogen-bond acceptors (Lipinski definition) is 6. The summed E-state index contributed by atoms with van der Waals surface area (Å²) in [5.41, 5.74) is 8.80. The summed E-state index contributed by atoms with van der Waals surface area (Å²) in [5, 5.41) is 8.49. The summed E-state index contributed by atoms with van der Waals surface area (Å²) in [6.07, 6.45) is 0.531. The van der Waals surface area contributed by atoms with Gasteiger partial charge in [-0.25, -0.2) is 9.80 Å². The smallest absolute Gasteiger partial charge is 0.342 e. The monoisotopic (exact) mass is 513 g/mol. The number of hydrazone groups is 1. The Morgan fingerprint density at radius 1 is 1.00 bits per heavy atom. The highest BCUT2D eigenvalue weighted by Gasteiger charge is 2.33. The van der Waals surface area contributed by atoms with Crippen LogP contribution in [0, 0.1) is 0 Å². The third-order valence-corrected chi connectivity index (χ3v) is 6.63. The van der Waals surface area contributed by atoms with E-state index in [1.165, 1.54) is 24.3 Å². The number of nitrogens with two attached hydrogens (primary N) is 1. The molecule has 0 radical (unpaired) electrons. The first kappa shape index (κ1) is 24.3. The Labute approximate surface area is 219 Å². The number of ether oxygens (including phenoxy) is 2. The van der Waals surface area contributed by atoms with E-state index in [0.717, 1.165) is 27.6 Å². The first-order valence-corrected chi connectivity index (χ1v) is 12.1. The first-order chi connectivity index (χ1) is 17.9. The van der Waals surface area contributed by atoms with Crippen LogP contribution in [0.25, 0.3) is 10.8 Å². The van der Waals surface area contributed by atoms with Gasteiger partial charge in [0.15, 0.2) is 6.61 Å². The lowest BCUT2D eigenvalue weighted by Gasteiger charge is -2.22. The highest BCUT2D eigenvalue weighted by molar-refractivity contribution is 6.33. The molecule has 4 aromatic carbocycles. The van der Waals surface area contributed by atoms with E-state index in [1.807, 2.05) is 60.7 Å². The van der Waals surface area contributed by atoms with Crippen molar-refractivity contribution in [2.24, 2.45) is 5.10 Å². The van der Waals surface area contributed by atoms with E-state index in [1.54, 1.807) is 0 Å². The average molecular weight is 514 g/mol. The zero-order valence-electron chi connectivity index (χ0n) is 20.1. The highest BCUT2D eigenvalue weighted by atomic mass is 35.5. The molecule has 0 bridgehead atoms. The molecule has 0 fully saturated rings. The second kappa shape index (κ2) is 10.3. The number of benzene rings is 4. The fourth-order valence-corrected chi connectivity index (χ4v) is 4.55. The first-order valence-electron chi connectivity index (χ1n) is 11.7. The van der Waals surface area contributed by atoms with Crippen molar-refractivity contribution in [2.75, 3.05) is 19.5 Å². The summed E-state index contributed by atoms with van der Waals surface area (Å²) in [6.45, 7) is -0.498. The van der Waals surface area contributed by atoms with Crippen LogP contribution in [-0.4, -0.2) is 36.3 Å². The molecule has 2 N–H and O–H groups in total. The predicted molar refractivity (Wildman–Crippen MR) is 144 cm³/mol. The van der Waals surface area contributed by atoms with Crippen LogP contribution in [0.15, 0.2) is 90.0 Å². The third kappa shape index (κ3) is 4.99. The molecule has 0 aliphatic carbocycles. The van der Waals surface area contributed by atoms with E-state index in [-0.39, 0.29) is 28.1 Å². The van der Waals surface area contributed by atoms with Crippen LogP contribution in [0.4, 0.5) is 5.69 Å². The number of carbonyl (C=O) groups excluding carboxylic acids is 2. The molecule has 1 atom stereocenters. The minimum Gasteiger partial charge on any atom is -0.496 e. The van der Waals surface area contributed by atoms with Gasteiger partial charge in [-0.2, -0.15) is 5.10 Å². The van der Waals surface area contributed by atoms with Gasteiger partial charge in [0.2, 0.25) is 0 Å². The number of nitrogen functional groups attached to an aromatic ring is 1. The molecule has 0 unspecified atom stereocenters. The van der Waals surface area contributed by atoms with Crippen LogP contribution >= 0.6 is 11.6 Å². The van der Waals surface area contributed by atoms with Crippen molar-refractivity contribution in [3.05, 3.63) is 107 Å². The number of carbonyl (C=O) groups is 2. The van der Waals surface area contributed by atoms with Crippen molar-refractivity contribution in [3.63, 3.8) is 0 Å². The Morgan fingerprint density at radius 3 is 2.49 bits per heavy atom. The lowest BCUT2D eigenvalue weighted by molar-refractivity contribution is -0.136. The molecule has 0 saturated carbocycles. The van der Waals surface area contributed by atoms with Crippen molar-refractivity contribution in [3.8, 4) is 5.75 Å². The maximum absolute atomic E-state index is 13.3. The van der Waals surface area contributed by atoms with Gasteiger partial charge < -0.3 is 15.2 Å². The van der Waals surface area contributed by atoms with Crippen molar-refractivity contribution in [2.45, 2.75) is 12.5 Å². The summed E-state index contributed by atoms with van der Waals surface area (Å²) in [4.78, 5) is 26.1. The van der Waals surface area contributed by atoms with E-state index >= 15 is 0 Å². The number of hydrogen-bond donors (Lipinski definition) is 1. The molecule has 1 heterocycles. The molecule has 37 heavy (non-hydrogen) atoms. The Kier molecular flexibility index (Phi) is 6.79. The Morgan fingerprint density at radius 2 is 1.73 bits per heavy atom. The number of esters is 1. The minimum absolute atomic E-state index is 0.0795. The largest absolute Gasteiger partial charge is 0.496 e. The summed E-state index contributed by atoms with van der Waals surface area (Å²) in [7, 11) is 1.41. The third-order valence-electron chi connectivity index (χ3n) is 6.30. The van der Waals surface area contributed by atoms with Crippen LogP contribution in [0.2, 0.25) is 5.02 Å². The minimum atomic E-state index is -0.749. The van der Waals surface area contributed by atoms with Gasteiger partial charge in [0.25, 0.3) is 5.91 Å². The normalized spacial score (nSPS) is 14.9. The summed E-state index contributed by atoms with van der Waals surface area (Å²) >= 11 is 6.07. The molecule has 0 spiro atoms. The Hall–Kier alpha value is -4.36. The Balaban J connectivity index is 1.40. The van der Waals surface area contributed by atoms with Gasteiger partial charge in [0.1, 0.15) is 11.3 Å². The second-order valence-electron chi connectivity index (χ2n) is 8.63. The van der Waals surface area contributed by atoms with E-state index in [0.29, 0.717) is 6.42 Å². The van der Waals surface area contributed by atoms with Crippen molar-refractivity contribution >= 4 is 45.6 Å². The number of halogens is 1. The zero-order valence-corrected chi connectivity index (χ0v) is 20.8. The lowest BCUT2D eigenvalue weighted by atomic mass is 9.97. The maximum atomic E-state index is 13.3. The van der Waals surface area contributed by atoms with E-state index < -0.39 is 18.5 Å². The topological polar surface area (TPSA) is 94.2 Å². The van der Waals surface area contributed by atoms with Crippen molar-refractivity contribution in [1.82, 2.24) is 5.01 Å². The average Bonchev–Trinajstić information content (AvgIpc) is 3.39. The Bertz CT molecular complexity index is 1520. The van der Waals surface area contributed by atoms with Gasteiger partial charge in [-0.15, -0.1) is 0 Å². The van der Waals surface area contributed by atoms with E-state index in [4.69, 9.17) is 26.8 Å². The standard InChI is InChI=1S/C29H24ClN3O4/c1-36-27-15-24(31)23(30)14-22(27)29(35)37-17-28(34)33-26(19-8-3-2-4-9-19)16-25(32-33)21-12-11-18-7-5-6-10-20(18)13-21/h2-15,26H,16-17,31H2,1H3/t26-/m1/s1. The summed E-state index contributed by atoms with van der Waals surface area (Å²) in [6, 6.07) is 26.3. The number of amides is 1. The van der Waals surface area contributed by atoms with Gasteiger partial charge in [-0.1, -0.05) is 78.3 Å². The molecular formula is C29H24ClN3O4. The number of anilines is 1. The van der Waals surface area contributed by atoms with Gasteiger partial charge in [-0.3, -0.25) is 4.79 Å². The van der Waals surface area contributed by atoms with Crippen molar-refractivity contribution < 1.29 is 19.1 Å². The van der Waals surface area contributed by atoms with Gasteiger partial charge in [-0.05, 0) is 34.0 Å². The van der Waals surface area contributed by atoms with Crippen LogP contribution in [0.1, 0.15) is 33.9 Å². The fraction of sp³-hybridized carbons (Fsp3) is 0.138. The highest BCUT2D eigenvalue weighted by Crippen LogP contribution is 2.34. The fourth-order valence-electron chi connectivity index (χ4n) is 4.39. The molecule has 1 amide bonds. The SMILES string of the molecule is COc1cc(N)c(Cl)cc1C(=O)OCC(=O)N1N=C(c2ccc3ccccc3c2)C[C@@H]1c1ccccc1. The molecule has 1 aliphatic rings. The van der Waals surface area contributed by atoms with E-state index in [2.05, 4.69) is 17.2 Å². The van der Waals surface area contributed by atoms with Crippen LogP contribution in [0.3, 0.4) is 0 Å². The molecule has 7 nitrogen and oxygen atoms in total. The lowest BCUT2D eigenvalue weighted by Crippen LogP contribution is -2.31. The van der Waals surface area contributed by atoms with Crippen LogP contribution in [0.5, 0.6) is 5.75 Å². The number of fused-ring (bicyclic) bond motifs is 1.